The third-order valence-corrected chi connectivity index (χ3v) is 8.64. The number of halogens is 2. The van der Waals surface area contributed by atoms with Crippen LogP contribution in [0.2, 0.25) is 5.02 Å². The highest BCUT2D eigenvalue weighted by Gasteiger charge is 2.23. The summed E-state index contributed by atoms with van der Waals surface area (Å²) >= 11 is 10.8. The molecule has 3 aromatic carbocycles. The number of rotatable bonds is 6. The average molecular weight is 566 g/mol. The molecule has 0 spiro atoms. The van der Waals surface area contributed by atoms with E-state index in [1.54, 1.807) is 30.3 Å². The summed E-state index contributed by atoms with van der Waals surface area (Å²) in [5.41, 5.74) is 1.14. The molecule has 10 heteroatoms. The van der Waals surface area contributed by atoms with Gasteiger partial charge < -0.3 is 10.1 Å². The van der Waals surface area contributed by atoms with Gasteiger partial charge in [-0.15, -0.1) is 11.3 Å². The van der Waals surface area contributed by atoms with Crippen LogP contribution in [0.15, 0.2) is 76.1 Å². The largest absolute Gasteiger partial charge is 0.495 e. The highest BCUT2D eigenvalue weighted by Crippen LogP contribution is 2.33. The average Bonchev–Trinajstić information content (AvgIpc) is 3.22. The zero-order chi connectivity index (χ0) is 23.8. The highest BCUT2D eigenvalue weighted by atomic mass is 79.9. The minimum absolute atomic E-state index is 0.0512. The molecule has 170 valence electrons. The molecule has 0 fully saturated rings. The molecule has 0 saturated carbocycles. The van der Waals surface area contributed by atoms with E-state index in [-0.39, 0.29) is 15.8 Å². The number of carbonyl (C=O) groups is 1. The van der Waals surface area contributed by atoms with Crippen molar-refractivity contribution in [3.63, 3.8) is 0 Å². The first-order valence-corrected chi connectivity index (χ1v) is 13.0. The van der Waals surface area contributed by atoms with E-state index in [1.165, 1.54) is 48.0 Å². The van der Waals surface area contributed by atoms with E-state index >= 15 is 0 Å². The molecule has 1 N–H and O–H groups in total. The number of hydrogen-bond donors (Lipinski definition) is 1. The number of carbonyl (C=O) groups excluding carboxylic acids is 1. The predicted molar refractivity (Wildman–Crippen MR) is 138 cm³/mol. The van der Waals surface area contributed by atoms with Crippen LogP contribution in [-0.2, 0) is 10.0 Å². The lowest BCUT2D eigenvalue weighted by atomic mass is 10.2. The Balaban J connectivity index is 1.61. The Morgan fingerprint density at radius 2 is 1.88 bits per heavy atom. The molecule has 0 radical (unpaired) electrons. The standard InChI is InChI=1S/C23H18BrClN2O4S2/c1-27(33(29,30)18-7-8-20(31-2)19(25)13-18)17-6-9-21-14(10-17)11-22(32-21)23(28)26-16-5-3-4-15(24)12-16/h3-13H,1-2H3,(H,26,28). The summed E-state index contributed by atoms with van der Waals surface area (Å²) in [6.07, 6.45) is 0. The third-order valence-electron chi connectivity index (χ3n) is 4.95. The molecule has 0 bridgehead atoms. The molecule has 0 unspecified atom stereocenters. The molecular weight excluding hydrogens is 548 g/mol. The maximum absolute atomic E-state index is 13.1. The van der Waals surface area contributed by atoms with Crippen molar-refractivity contribution in [1.82, 2.24) is 0 Å². The van der Waals surface area contributed by atoms with Gasteiger partial charge in [0.05, 0.1) is 27.6 Å². The summed E-state index contributed by atoms with van der Waals surface area (Å²) in [4.78, 5) is 13.3. The lowest BCUT2D eigenvalue weighted by Gasteiger charge is -2.20. The molecule has 1 amide bonds. The Labute approximate surface area is 208 Å². The quantitative estimate of drug-likeness (QED) is 0.293. The Bertz CT molecular complexity index is 1470. The molecule has 4 aromatic rings. The van der Waals surface area contributed by atoms with Gasteiger partial charge in [-0.2, -0.15) is 0 Å². The van der Waals surface area contributed by atoms with Crippen LogP contribution in [0.5, 0.6) is 5.75 Å². The van der Waals surface area contributed by atoms with Gasteiger partial charge >= 0.3 is 0 Å². The normalized spacial score (nSPS) is 11.4. The number of methoxy groups -OCH3 is 1. The first-order chi connectivity index (χ1) is 15.7. The molecule has 1 aromatic heterocycles. The van der Waals surface area contributed by atoms with E-state index < -0.39 is 10.0 Å². The monoisotopic (exact) mass is 564 g/mol. The van der Waals surface area contributed by atoms with Crippen LogP contribution in [0.1, 0.15) is 9.67 Å². The van der Waals surface area contributed by atoms with Gasteiger partial charge in [0, 0.05) is 21.9 Å². The number of anilines is 2. The van der Waals surface area contributed by atoms with E-state index in [0.717, 1.165) is 14.6 Å². The number of nitrogens with one attached hydrogen (secondary N) is 1. The lowest BCUT2D eigenvalue weighted by Crippen LogP contribution is -2.26. The van der Waals surface area contributed by atoms with Gasteiger partial charge in [0.2, 0.25) is 0 Å². The van der Waals surface area contributed by atoms with E-state index in [2.05, 4.69) is 21.2 Å². The molecule has 0 saturated heterocycles. The second-order valence-electron chi connectivity index (χ2n) is 7.07. The molecule has 33 heavy (non-hydrogen) atoms. The van der Waals surface area contributed by atoms with Gasteiger partial charge in [-0.05, 0) is 66.0 Å². The number of ether oxygens (including phenoxy) is 1. The van der Waals surface area contributed by atoms with Crippen molar-refractivity contribution in [1.29, 1.82) is 0 Å². The van der Waals surface area contributed by atoms with Crippen molar-refractivity contribution in [3.05, 3.63) is 81.1 Å². The fraction of sp³-hybridized carbons (Fsp3) is 0.0870. The van der Waals surface area contributed by atoms with Crippen LogP contribution in [-0.4, -0.2) is 28.5 Å². The molecule has 6 nitrogen and oxygen atoms in total. The van der Waals surface area contributed by atoms with Crippen LogP contribution in [0.25, 0.3) is 10.1 Å². The van der Waals surface area contributed by atoms with Crippen molar-refractivity contribution < 1.29 is 17.9 Å². The fourth-order valence-corrected chi connectivity index (χ4v) is 6.08. The van der Waals surface area contributed by atoms with Crippen molar-refractivity contribution in [2.24, 2.45) is 0 Å². The Kier molecular flexibility index (Phi) is 6.67. The first-order valence-electron chi connectivity index (χ1n) is 9.62. The van der Waals surface area contributed by atoms with E-state index in [1.807, 2.05) is 18.2 Å². The van der Waals surface area contributed by atoms with Crippen molar-refractivity contribution in [3.8, 4) is 5.75 Å². The Morgan fingerprint density at radius 1 is 1.09 bits per heavy atom. The number of amides is 1. The van der Waals surface area contributed by atoms with Gasteiger partial charge in [0.1, 0.15) is 5.75 Å². The minimum Gasteiger partial charge on any atom is -0.495 e. The number of hydrogen-bond acceptors (Lipinski definition) is 5. The van der Waals surface area contributed by atoms with Crippen LogP contribution >= 0.6 is 38.9 Å². The van der Waals surface area contributed by atoms with Gasteiger partial charge in [0.15, 0.2) is 0 Å². The molecule has 4 rings (SSSR count). The zero-order valence-electron chi connectivity index (χ0n) is 17.5. The maximum atomic E-state index is 13.1. The van der Waals surface area contributed by atoms with Crippen molar-refractivity contribution in [2.75, 3.05) is 23.8 Å². The van der Waals surface area contributed by atoms with E-state index in [9.17, 15) is 13.2 Å². The number of thiophene rings is 1. The number of fused-ring (bicyclic) bond motifs is 1. The van der Waals surface area contributed by atoms with Gasteiger partial charge in [0.25, 0.3) is 15.9 Å². The van der Waals surface area contributed by atoms with Crippen LogP contribution in [0.4, 0.5) is 11.4 Å². The number of sulfonamides is 1. The summed E-state index contributed by atoms with van der Waals surface area (Å²) in [5, 5.41) is 3.85. The first kappa shape index (κ1) is 23.6. The number of nitrogens with zero attached hydrogens (tertiary/aromatic N) is 1. The molecule has 0 aliphatic carbocycles. The Hall–Kier alpha value is -2.59. The summed E-state index contributed by atoms with van der Waals surface area (Å²) in [7, 11) is -0.912. The van der Waals surface area contributed by atoms with E-state index in [4.69, 9.17) is 16.3 Å². The smallest absolute Gasteiger partial charge is 0.265 e. The number of benzene rings is 3. The third kappa shape index (κ3) is 4.86. The lowest BCUT2D eigenvalue weighted by molar-refractivity contribution is 0.103. The summed E-state index contributed by atoms with van der Waals surface area (Å²) < 4.78 is 34.3. The van der Waals surface area contributed by atoms with Crippen LogP contribution in [0.3, 0.4) is 0 Å². The van der Waals surface area contributed by atoms with Crippen molar-refractivity contribution in [2.45, 2.75) is 4.90 Å². The van der Waals surface area contributed by atoms with Gasteiger partial charge in [-0.25, -0.2) is 8.42 Å². The zero-order valence-corrected chi connectivity index (χ0v) is 21.5. The van der Waals surface area contributed by atoms with Crippen molar-refractivity contribution >= 4 is 76.3 Å². The predicted octanol–water partition coefficient (Wildman–Crippen LogP) is 6.40. The second-order valence-corrected chi connectivity index (χ2v) is 11.4. The molecule has 0 aliphatic heterocycles. The topological polar surface area (TPSA) is 75.7 Å². The maximum Gasteiger partial charge on any atom is 0.265 e. The van der Waals surface area contributed by atoms with E-state index in [0.29, 0.717) is 22.0 Å². The molecule has 0 aliphatic rings. The summed E-state index contributed by atoms with van der Waals surface area (Å²) in [6.45, 7) is 0. The highest BCUT2D eigenvalue weighted by molar-refractivity contribution is 9.10. The molecule has 0 atom stereocenters. The summed E-state index contributed by atoms with van der Waals surface area (Å²) in [5.74, 6) is 0.163. The van der Waals surface area contributed by atoms with Crippen LogP contribution in [0, 0.1) is 0 Å². The minimum atomic E-state index is -3.85. The fourth-order valence-electron chi connectivity index (χ4n) is 3.20. The van der Waals surface area contributed by atoms with Crippen LogP contribution < -0.4 is 14.4 Å². The van der Waals surface area contributed by atoms with Gasteiger partial charge in [-0.3, -0.25) is 9.10 Å². The molecular formula is C23H18BrClN2O4S2. The summed E-state index contributed by atoms with van der Waals surface area (Å²) in [6, 6.07) is 18.7. The Morgan fingerprint density at radius 3 is 2.58 bits per heavy atom. The SMILES string of the molecule is COc1ccc(S(=O)(=O)N(C)c2ccc3sc(C(=O)Nc4cccc(Br)c4)cc3c2)cc1Cl. The second kappa shape index (κ2) is 9.34. The van der Waals surface area contributed by atoms with Gasteiger partial charge in [-0.1, -0.05) is 33.6 Å². The molecule has 1 heterocycles.